The number of carbonyl (C=O) groups excluding carboxylic acids is 1. The molecule has 3 aliphatic carbocycles. The van der Waals surface area contributed by atoms with E-state index in [4.69, 9.17) is 0 Å². The maximum absolute atomic E-state index is 13.0. The fraction of sp³-hybridized carbons (Fsp3) is 0.941. The molecule has 1 N–H and O–H groups in total. The number of likely N-dealkylation sites (N-methyl/N-ethyl adjacent to an activating group) is 1. The predicted octanol–water partition coefficient (Wildman–Crippen LogP) is 2.55. The number of carbonyl (C=O) groups is 1. The molecule has 6 atom stereocenters. The van der Waals surface area contributed by atoms with Gasteiger partial charge in [-0.3, -0.25) is 4.79 Å². The van der Waals surface area contributed by atoms with Gasteiger partial charge in [-0.1, -0.05) is 6.42 Å². The third-order valence-corrected chi connectivity index (χ3v) is 6.61. The highest BCUT2D eigenvalue weighted by atomic mass is 16.2. The van der Waals surface area contributed by atoms with E-state index >= 15 is 0 Å². The summed E-state index contributed by atoms with van der Waals surface area (Å²) < 4.78 is 0. The van der Waals surface area contributed by atoms with E-state index in [2.05, 4.69) is 10.2 Å². The van der Waals surface area contributed by atoms with Crippen LogP contribution in [0.25, 0.3) is 0 Å². The molecule has 1 aliphatic heterocycles. The summed E-state index contributed by atoms with van der Waals surface area (Å²) in [6.45, 7) is 0. The Morgan fingerprint density at radius 1 is 0.950 bits per heavy atom. The molecular formula is C17H28N2O. The van der Waals surface area contributed by atoms with Gasteiger partial charge in [0.05, 0.1) is 6.04 Å². The van der Waals surface area contributed by atoms with Crippen LogP contribution in [0.15, 0.2) is 0 Å². The number of nitrogens with zero attached hydrogens (tertiary/aromatic N) is 1. The first-order valence-electron chi connectivity index (χ1n) is 8.77. The van der Waals surface area contributed by atoms with Gasteiger partial charge in [0.25, 0.3) is 0 Å². The van der Waals surface area contributed by atoms with Crippen molar-refractivity contribution < 1.29 is 4.79 Å². The highest BCUT2D eigenvalue weighted by molar-refractivity contribution is 5.83. The smallest absolute Gasteiger partial charge is 0.240 e. The summed E-state index contributed by atoms with van der Waals surface area (Å²) in [7, 11) is 1.96. The number of rotatable bonds is 2. The molecule has 3 saturated carbocycles. The molecule has 0 aromatic heterocycles. The Bertz CT molecular complexity index is 396. The van der Waals surface area contributed by atoms with Crippen LogP contribution in [0.1, 0.15) is 57.8 Å². The Morgan fingerprint density at radius 2 is 1.80 bits per heavy atom. The monoisotopic (exact) mass is 276 g/mol. The fourth-order valence-corrected chi connectivity index (χ4v) is 5.37. The quantitative estimate of drug-likeness (QED) is 0.840. The van der Waals surface area contributed by atoms with Gasteiger partial charge in [-0.25, -0.2) is 0 Å². The Morgan fingerprint density at radius 3 is 2.60 bits per heavy atom. The molecule has 4 rings (SSSR count). The first-order valence-corrected chi connectivity index (χ1v) is 8.77. The number of likely N-dealkylation sites (tertiary alicyclic amines) is 1. The normalized spacial score (nSPS) is 47.6. The van der Waals surface area contributed by atoms with Crippen LogP contribution in [-0.2, 0) is 4.79 Å². The highest BCUT2D eigenvalue weighted by Gasteiger charge is 2.48. The van der Waals surface area contributed by atoms with Gasteiger partial charge in [0.2, 0.25) is 5.91 Å². The van der Waals surface area contributed by atoms with Gasteiger partial charge >= 0.3 is 0 Å². The molecule has 20 heavy (non-hydrogen) atoms. The number of fused-ring (bicyclic) bond motifs is 2. The van der Waals surface area contributed by atoms with Crippen molar-refractivity contribution in [2.24, 2.45) is 17.8 Å². The molecule has 3 nitrogen and oxygen atoms in total. The van der Waals surface area contributed by atoms with Crippen LogP contribution in [-0.4, -0.2) is 36.0 Å². The molecule has 3 heteroatoms. The van der Waals surface area contributed by atoms with Crippen molar-refractivity contribution in [2.75, 3.05) is 7.05 Å². The molecule has 1 amide bonds. The minimum Gasteiger partial charge on any atom is -0.335 e. The summed E-state index contributed by atoms with van der Waals surface area (Å²) in [6.07, 6.45) is 11.6. The SMILES string of the molecule is CNC1CCC2CCCC2N(C2CCC3CC3C2)C1=O. The second kappa shape index (κ2) is 5.01. The molecule has 0 spiro atoms. The number of hydrogen-bond donors (Lipinski definition) is 1. The highest BCUT2D eigenvalue weighted by Crippen LogP contribution is 2.51. The lowest BCUT2D eigenvalue weighted by molar-refractivity contribution is -0.139. The largest absolute Gasteiger partial charge is 0.335 e. The minimum absolute atomic E-state index is 0.0810. The summed E-state index contributed by atoms with van der Waals surface area (Å²) in [4.78, 5) is 15.4. The second-order valence-electron chi connectivity index (χ2n) is 7.65. The number of nitrogens with one attached hydrogen (secondary N) is 1. The fourth-order valence-electron chi connectivity index (χ4n) is 5.37. The van der Waals surface area contributed by atoms with Crippen LogP contribution in [0.4, 0.5) is 0 Å². The zero-order valence-electron chi connectivity index (χ0n) is 12.7. The van der Waals surface area contributed by atoms with Crippen LogP contribution in [0.2, 0.25) is 0 Å². The van der Waals surface area contributed by atoms with E-state index in [9.17, 15) is 4.79 Å². The summed E-state index contributed by atoms with van der Waals surface area (Å²) in [6, 6.07) is 1.21. The van der Waals surface area contributed by atoms with Gasteiger partial charge < -0.3 is 10.2 Å². The maximum Gasteiger partial charge on any atom is 0.240 e. The summed E-state index contributed by atoms with van der Waals surface area (Å²) in [5, 5.41) is 3.28. The minimum atomic E-state index is 0.0810. The van der Waals surface area contributed by atoms with E-state index < -0.39 is 0 Å². The van der Waals surface area contributed by atoms with Crippen LogP contribution < -0.4 is 5.32 Å². The second-order valence-corrected chi connectivity index (χ2v) is 7.65. The maximum atomic E-state index is 13.0. The molecule has 112 valence electrons. The summed E-state index contributed by atoms with van der Waals surface area (Å²) >= 11 is 0. The Labute approximate surface area is 122 Å². The third kappa shape index (κ3) is 2.09. The lowest BCUT2D eigenvalue weighted by atomic mass is 9.91. The van der Waals surface area contributed by atoms with E-state index in [-0.39, 0.29) is 6.04 Å². The standard InChI is InChI=1S/C17H28N2O/c1-18-15-8-6-11-3-2-4-16(11)19(17(15)20)14-7-5-12-9-13(12)10-14/h11-16,18H,2-10H2,1H3. The van der Waals surface area contributed by atoms with Crippen molar-refractivity contribution in [1.82, 2.24) is 10.2 Å². The lowest BCUT2D eigenvalue weighted by Crippen LogP contribution is -2.53. The van der Waals surface area contributed by atoms with E-state index in [0.29, 0.717) is 18.0 Å². The van der Waals surface area contributed by atoms with Crippen molar-refractivity contribution in [2.45, 2.75) is 75.9 Å². The van der Waals surface area contributed by atoms with Gasteiger partial charge in [-0.15, -0.1) is 0 Å². The zero-order chi connectivity index (χ0) is 13.7. The van der Waals surface area contributed by atoms with Crippen molar-refractivity contribution in [3.8, 4) is 0 Å². The average molecular weight is 276 g/mol. The number of amides is 1. The lowest BCUT2D eigenvalue weighted by Gasteiger charge is -2.40. The zero-order valence-corrected chi connectivity index (χ0v) is 12.7. The molecule has 0 radical (unpaired) electrons. The Hall–Kier alpha value is -0.570. The molecule has 6 unspecified atom stereocenters. The average Bonchev–Trinajstić information content (AvgIpc) is 3.12. The van der Waals surface area contributed by atoms with Gasteiger partial charge in [0.1, 0.15) is 0 Å². The molecular weight excluding hydrogens is 248 g/mol. The molecule has 0 aromatic carbocycles. The number of hydrogen-bond acceptors (Lipinski definition) is 2. The van der Waals surface area contributed by atoms with Crippen LogP contribution in [0.3, 0.4) is 0 Å². The van der Waals surface area contributed by atoms with Crippen molar-refractivity contribution in [3.63, 3.8) is 0 Å². The van der Waals surface area contributed by atoms with Gasteiger partial charge in [-0.05, 0) is 76.2 Å². The molecule has 0 aromatic rings. The Kier molecular flexibility index (Phi) is 3.29. The van der Waals surface area contributed by atoms with Gasteiger partial charge in [0.15, 0.2) is 0 Å². The summed E-state index contributed by atoms with van der Waals surface area (Å²) in [5.74, 6) is 3.19. The third-order valence-electron chi connectivity index (χ3n) is 6.61. The molecule has 4 fully saturated rings. The van der Waals surface area contributed by atoms with Crippen LogP contribution in [0.5, 0.6) is 0 Å². The van der Waals surface area contributed by atoms with Crippen molar-refractivity contribution >= 4 is 5.91 Å². The molecule has 1 heterocycles. The first kappa shape index (κ1) is 13.1. The molecule has 0 bridgehead atoms. The van der Waals surface area contributed by atoms with Gasteiger partial charge in [0, 0.05) is 12.1 Å². The van der Waals surface area contributed by atoms with Crippen molar-refractivity contribution in [1.29, 1.82) is 0 Å². The molecule has 4 aliphatic rings. The van der Waals surface area contributed by atoms with E-state index in [1.165, 1.54) is 51.4 Å². The van der Waals surface area contributed by atoms with Crippen molar-refractivity contribution in [3.05, 3.63) is 0 Å². The van der Waals surface area contributed by atoms with Crippen LogP contribution in [0, 0.1) is 17.8 Å². The van der Waals surface area contributed by atoms with E-state index in [1.54, 1.807) is 0 Å². The summed E-state index contributed by atoms with van der Waals surface area (Å²) in [5.41, 5.74) is 0. The van der Waals surface area contributed by atoms with E-state index in [1.807, 2.05) is 7.05 Å². The van der Waals surface area contributed by atoms with Gasteiger partial charge in [-0.2, -0.15) is 0 Å². The predicted molar refractivity (Wildman–Crippen MR) is 79.3 cm³/mol. The Balaban J connectivity index is 1.59. The topological polar surface area (TPSA) is 32.3 Å². The van der Waals surface area contributed by atoms with E-state index in [0.717, 1.165) is 24.2 Å². The first-order chi connectivity index (χ1) is 9.78. The molecule has 1 saturated heterocycles. The van der Waals surface area contributed by atoms with Crippen LogP contribution >= 0.6 is 0 Å².